The molecule has 0 radical (unpaired) electrons. The first-order valence-corrected chi connectivity index (χ1v) is 5.12. The highest BCUT2D eigenvalue weighted by Gasteiger charge is 2.33. The van der Waals surface area contributed by atoms with Crippen LogP contribution in [0.25, 0.3) is 0 Å². The van der Waals surface area contributed by atoms with Crippen LogP contribution in [0.2, 0.25) is 0 Å². The summed E-state index contributed by atoms with van der Waals surface area (Å²) in [5, 5.41) is 0. The van der Waals surface area contributed by atoms with Crippen LogP contribution >= 0.6 is 0 Å². The van der Waals surface area contributed by atoms with E-state index in [-0.39, 0.29) is 0 Å². The normalized spacial score (nSPS) is 24.5. The van der Waals surface area contributed by atoms with Gasteiger partial charge in [-0.3, -0.25) is 0 Å². The molecule has 0 saturated carbocycles. The number of fused-ring (bicyclic) bond motifs is 1. The van der Waals surface area contributed by atoms with Gasteiger partial charge in [0.2, 0.25) is 0 Å². The predicted molar refractivity (Wildman–Crippen MR) is 57.2 cm³/mol. The van der Waals surface area contributed by atoms with Crippen molar-refractivity contribution >= 4 is 0 Å². The Balaban J connectivity index is 2.59. The van der Waals surface area contributed by atoms with Crippen LogP contribution in [0.5, 0.6) is 0 Å². The zero-order valence-electron chi connectivity index (χ0n) is 9.02. The first-order valence-electron chi connectivity index (χ1n) is 5.12. The molecule has 0 amide bonds. The molecule has 0 nitrogen and oxygen atoms in total. The topological polar surface area (TPSA) is 0 Å². The van der Waals surface area contributed by atoms with Gasteiger partial charge in [0.05, 0.1) is 0 Å². The first-order chi connectivity index (χ1) is 6.00. The zero-order chi connectivity index (χ0) is 9.64. The van der Waals surface area contributed by atoms with Crippen molar-refractivity contribution in [1.29, 1.82) is 0 Å². The van der Waals surface area contributed by atoms with Crippen LogP contribution in [0.1, 0.15) is 49.8 Å². The van der Waals surface area contributed by atoms with E-state index in [2.05, 4.69) is 45.9 Å². The number of aryl methyl sites for hydroxylation is 1. The van der Waals surface area contributed by atoms with Crippen molar-refractivity contribution in [3.05, 3.63) is 34.9 Å². The van der Waals surface area contributed by atoms with E-state index < -0.39 is 0 Å². The second-order valence-corrected chi connectivity index (χ2v) is 5.08. The maximum Gasteiger partial charge on any atom is -0.00950 e. The molecule has 2 rings (SSSR count). The molecule has 1 aromatic rings. The fraction of sp³-hybridized carbons (Fsp3) is 0.538. The van der Waals surface area contributed by atoms with E-state index in [0.717, 1.165) is 5.92 Å². The first kappa shape index (κ1) is 8.80. The molecular formula is C13H18. The van der Waals surface area contributed by atoms with Crippen molar-refractivity contribution in [3.8, 4) is 0 Å². The van der Waals surface area contributed by atoms with Crippen molar-refractivity contribution in [1.82, 2.24) is 0 Å². The molecule has 0 saturated heterocycles. The van der Waals surface area contributed by atoms with Gasteiger partial charge in [0.1, 0.15) is 0 Å². The van der Waals surface area contributed by atoms with Crippen LogP contribution in [0.3, 0.4) is 0 Å². The molecule has 1 aliphatic carbocycles. The SMILES string of the molecule is Cc1ccc2c(c1)C(C)CC2(C)C. The molecule has 70 valence electrons. The summed E-state index contributed by atoms with van der Waals surface area (Å²) in [6.45, 7) is 9.22. The van der Waals surface area contributed by atoms with Gasteiger partial charge in [-0.05, 0) is 35.8 Å². The summed E-state index contributed by atoms with van der Waals surface area (Å²) in [6, 6.07) is 6.90. The lowest BCUT2D eigenvalue weighted by Gasteiger charge is -2.18. The Morgan fingerprint density at radius 2 is 2.00 bits per heavy atom. The minimum Gasteiger partial charge on any atom is -0.0590 e. The Bertz CT molecular complexity index is 334. The maximum absolute atomic E-state index is 2.36. The molecule has 1 aliphatic rings. The van der Waals surface area contributed by atoms with Crippen LogP contribution in [0.4, 0.5) is 0 Å². The van der Waals surface area contributed by atoms with Gasteiger partial charge in [0.15, 0.2) is 0 Å². The molecule has 0 heteroatoms. The third-order valence-electron chi connectivity index (χ3n) is 3.28. The minimum atomic E-state index is 0.391. The molecule has 0 aliphatic heterocycles. The van der Waals surface area contributed by atoms with Crippen LogP contribution in [-0.4, -0.2) is 0 Å². The second kappa shape index (κ2) is 2.60. The average Bonchev–Trinajstić information content (AvgIpc) is 2.22. The number of hydrogen-bond acceptors (Lipinski definition) is 0. The Morgan fingerprint density at radius 1 is 1.31 bits per heavy atom. The summed E-state index contributed by atoms with van der Waals surface area (Å²) in [7, 11) is 0. The van der Waals surface area contributed by atoms with Crippen LogP contribution < -0.4 is 0 Å². The highest BCUT2D eigenvalue weighted by Crippen LogP contribution is 2.45. The lowest BCUT2D eigenvalue weighted by Crippen LogP contribution is -2.11. The smallest absolute Gasteiger partial charge is 0.00950 e. The van der Waals surface area contributed by atoms with Crippen molar-refractivity contribution in [2.75, 3.05) is 0 Å². The molecule has 0 bridgehead atoms. The molecule has 1 aromatic carbocycles. The number of hydrogen-bond donors (Lipinski definition) is 0. The highest BCUT2D eigenvalue weighted by atomic mass is 14.4. The molecule has 0 heterocycles. The number of benzene rings is 1. The van der Waals surface area contributed by atoms with Gasteiger partial charge in [-0.25, -0.2) is 0 Å². The van der Waals surface area contributed by atoms with Crippen molar-refractivity contribution in [2.45, 2.75) is 45.4 Å². The molecular weight excluding hydrogens is 156 g/mol. The zero-order valence-corrected chi connectivity index (χ0v) is 9.02. The molecule has 13 heavy (non-hydrogen) atoms. The van der Waals surface area contributed by atoms with E-state index in [1.54, 1.807) is 11.1 Å². The van der Waals surface area contributed by atoms with Crippen molar-refractivity contribution in [2.24, 2.45) is 0 Å². The summed E-state index contributed by atoms with van der Waals surface area (Å²) >= 11 is 0. The summed E-state index contributed by atoms with van der Waals surface area (Å²) in [5.41, 5.74) is 4.92. The Kier molecular flexibility index (Phi) is 1.76. The summed E-state index contributed by atoms with van der Waals surface area (Å²) in [5.74, 6) is 0.741. The third-order valence-corrected chi connectivity index (χ3v) is 3.28. The quantitative estimate of drug-likeness (QED) is 0.561. The van der Waals surface area contributed by atoms with Crippen LogP contribution in [0, 0.1) is 6.92 Å². The molecule has 0 spiro atoms. The Morgan fingerprint density at radius 3 is 2.69 bits per heavy atom. The predicted octanol–water partition coefficient (Wildman–Crippen LogP) is 3.78. The van der Waals surface area contributed by atoms with E-state index in [1.165, 1.54) is 12.0 Å². The molecule has 0 aromatic heterocycles. The van der Waals surface area contributed by atoms with E-state index in [9.17, 15) is 0 Å². The lowest BCUT2D eigenvalue weighted by atomic mass is 9.86. The van der Waals surface area contributed by atoms with Gasteiger partial charge in [0.25, 0.3) is 0 Å². The Labute approximate surface area is 81.0 Å². The minimum absolute atomic E-state index is 0.391. The van der Waals surface area contributed by atoms with Gasteiger partial charge in [-0.1, -0.05) is 44.5 Å². The summed E-state index contributed by atoms with van der Waals surface area (Å²) < 4.78 is 0. The van der Waals surface area contributed by atoms with Gasteiger partial charge >= 0.3 is 0 Å². The Hall–Kier alpha value is -0.780. The second-order valence-electron chi connectivity index (χ2n) is 5.08. The average molecular weight is 174 g/mol. The molecule has 1 atom stereocenters. The molecule has 1 unspecified atom stereocenters. The van der Waals surface area contributed by atoms with E-state index >= 15 is 0 Å². The van der Waals surface area contributed by atoms with E-state index in [0.29, 0.717) is 5.41 Å². The van der Waals surface area contributed by atoms with Crippen LogP contribution in [-0.2, 0) is 5.41 Å². The van der Waals surface area contributed by atoms with Gasteiger partial charge < -0.3 is 0 Å². The van der Waals surface area contributed by atoms with Crippen molar-refractivity contribution in [3.63, 3.8) is 0 Å². The lowest BCUT2D eigenvalue weighted by molar-refractivity contribution is 0.489. The van der Waals surface area contributed by atoms with Gasteiger partial charge in [-0.15, -0.1) is 0 Å². The number of rotatable bonds is 0. The van der Waals surface area contributed by atoms with Gasteiger partial charge in [-0.2, -0.15) is 0 Å². The van der Waals surface area contributed by atoms with E-state index in [4.69, 9.17) is 0 Å². The fourth-order valence-corrected chi connectivity index (χ4v) is 2.69. The van der Waals surface area contributed by atoms with Crippen molar-refractivity contribution < 1.29 is 0 Å². The maximum atomic E-state index is 2.36. The molecule has 0 fully saturated rings. The molecule has 0 N–H and O–H groups in total. The monoisotopic (exact) mass is 174 g/mol. The fourth-order valence-electron chi connectivity index (χ4n) is 2.69. The largest absolute Gasteiger partial charge is 0.0590 e. The summed E-state index contributed by atoms with van der Waals surface area (Å²) in [4.78, 5) is 0. The summed E-state index contributed by atoms with van der Waals surface area (Å²) in [6.07, 6.45) is 1.30. The third kappa shape index (κ3) is 1.29. The highest BCUT2D eigenvalue weighted by molar-refractivity contribution is 5.43. The van der Waals surface area contributed by atoms with Gasteiger partial charge in [0, 0.05) is 0 Å². The van der Waals surface area contributed by atoms with E-state index in [1.807, 2.05) is 0 Å². The standard InChI is InChI=1S/C13H18/c1-9-5-6-12-11(7-9)10(2)8-13(12,3)4/h5-7,10H,8H2,1-4H3. The van der Waals surface area contributed by atoms with Crippen LogP contribution in [0.15, 0.2) is 18.2 Å².